The minimum Gasteiger partial charge on any atom is -0.238 e. The molecular weight excluding hydrogens is 220 g/mol. The summed E-state index contributed by atoms with van der Waals surface area (Å²) < 4.78 is 1.95. The summed E-state index contributed by atoms with van der Waals surface area (Å²) in [5.41, 5.74) is 5.82. The molecule has 0 aliphatic rings. The van der Waals surface area contributed by atoms with E-state index in [-0.39, 0.29) is 0 Å². The molecule has 0 aliphatic carbocycles. The molecule has 3 heteroatoms. The van der Waals surface area contributed by atoms with Gasteiger partial charge in [0.2, 0.25) is 0 Å². The van der Waals surface area contributed by atoms with Crippen LogP contribution in [-0.2, 0) is 5.88 Å². The molecule has 2 rings (SSSR count). The van der Waals surface area contributed by atoms with E-state index < -0.39 is 0 Å². The van der Waals surface area contributed by atoms with Gasteiger partial charge in [-0.2, -0.15) is 5.10 Å². The molecule has 0 atom stereocenters. The molecule has 1 aromatic carbocycles. The van der Waals surface area contributed by atoms with Gasteiger partial charge in [0.05, 0.1) is 17.8 Å². The van der Waals surface area contributed by atoms with Crippen molar-refractivity contribution in [1.82, 2.24) is 9.78 Å². The number of benzene rings is 1. The van der Waals surface area contributed by atoms with Crippen molar-refractivity contribution in [2.24, 2.45) is 0 Å². The Bertz CT molecular complexity index is 515. The molecule has 2 aromatic rings. The highest BCUT2D eigenvalue weighted by Gasteiger charge is 2.08. The standard InChI is InChI=1S/C13H15ClN2/c1-9-4-5-13(10(2)6-9)16-11(3)12(7-14)8-15-16/h4-6,8H,7H2,1-3H3. The monoisotopic (exact) mass is 234 g/mol. The van der Waals surface area contributed by atoms with Crippen molar-refractivity contribution in [3.05, 3.63) is 46.8 Å². The maximum atomic E-state index is 5.84. The van der Waals surface area contributed by atoms with Gasteiger partial charge in [-0.3, -0.25) is 0 Å². The van der Waals surface area contributed by atoms with Crippen LogP contribution in [-0.4, -0.2) is 9.78 Å². The van der Waals surface area contributed by atoms with Crippen molar-refractivity contribution in [2.75, 3.05) is 0 Å². The van der Waals surface area contributed by atoms with E-state index in [0.29, 0.717) is 5.88 Å². The van der Waals surface area contributed by atoms with Gasteiger partial charge in [0.25, 0.3) is 0 Å². The van der Waals surface area contributed by atoms with Crippen LogP contribution in [0.25, 0.3) is 5.69 Å². The summed E-state index contributed by atoms with van der Waals surface area (Å²) in [6.07, 6.45) is 1.83. The Labute approximate surface area is 101 Å². The molecule has 0 unspecified atom stereocenters. The molecule has 0 saturated carbocycles. The van der Waals surface area contributed by atoms with Gasteiger partial charge < -0.3 is 0 Å². The SMILES string of the molecule is Cc1ccc(-n2ncc(CCl)c2C)c(C)c1. The second-order valence-corrected chi connectivity index (χ2v) is 4.36. The first kappa shape index (κ1) is 11.2. The minimum absolute atomic E-state index is 0.511. The van der Waals surface area contributed by atoms with Crippen LogP contribution in [0.15, 0.2) is 24.4 Å². The van der Waals surface area contributed by atoms with Gasteiger partial charge >= 0.3 is 0 Å². The smallest absolute Gasteiger partial charge is 0.0678 e. The lowest BCUT2D eigenvalue weighted by atomic mass is 10.1. The summed E-state index contributed by atoms with van der Waals surface area (Å²) in [6, 6.07) is 6.36. The molecule has 1 aromatic heterocycles. The molecule has 0 spiro atoms. The van der Waals surface area contributed by atoms with Gasteiger partial charge in [0, 0.05) is 11.3 Å². The second-order valence-electron chi connectivity index (χ2n) is 4.09. The molecule has 1 heterocycles. The zero-order chi connectivity index (χ0) is 11.7. The maximum absolute atomic E-state index is 5.84. The summed E-state index contributed by atoms with van der Waals surface area (Å²) in [7, 11) is 0. The molecule has 0 saturated heterocycles. The molecule has 84 valence electrons. The van der Waals surface area contributed by atoms with Crippen molar-refractivity contribution < 1.29 is 0 Å². The number of aromatic nitrogens is 2. The van der Waals surface area contributed by atoms with Crippen LogP contribution in [0.1, 0.15) is 22.4 Å². The molecule has 0 aliphatic heterocycles. The number of rotatable bonds is 2. The second kappa shape index (κ2) is 4.30. The highest BCUT2D eigenvalue weighted by atomic mass is 35.5. The number of halogens is 1. The van der Waals surface area contributed by atoms with E-state index in [1.165, 1.54) is 11.1 Å². The lowest BCUT2D eigenvalue weighted by Crippen LogP contribution is -2.01. The van der Waals surface area contributed by atoms with Crippen LogP contribution in [0, 0.1) is 20.8 Å². The van der Waals surface area contributed by atoms with E-state index in [4.69, 9.17) is 11.6 Å². The molecule has 0 radical (unpaired) electrons. The lowest BCUT2D eigenvalue weighted by Gasteiger charge is -2.09. The third-order valence-electron chi connectivity index (χ3n) is 2.84. The fourth-order valence-electron chi connectivity index (χ4n) is 1.86. The van der Waals surface area contributed by atoms with E-state index >= 15 is 0 Å². The Morgan fingerprint density at radius 3 is 2.56 bits per heavy atom. The molecule has 0 amide bonds. The largest absolute Gasteiger partial charge is 0.238 e. The van der Waals surface area contributed by atoms with E-state index in [2.05, 4.69) is 37.1 Å². The summed E-state index contributed by atoms with van der Waals surface area (Å²) >= 11 is 5.84. The zero-order valence-corrected chi connectivity index (χ0v) is 10.5. The Kier molecular flexibility index (Phi) is 3.01. The molecule has 16 heavy (non-hydrogen) atoms. The van der Waals surface area contributed by atoms with Gasteiger partial charge in [-0.05, 0) is 32.4 Å². The summed E-state index contributed by atoms with van der Waals surface area (Å²) in [4.78, 5) is 0. The topological polar surface area (TPSA) is 17.8 Å². The maximum Gasteiger partial charge on any atom is 0.0678 e. The summed E-state index contributed by atoms with van der Waals surface area (Å²) in [5.74, 6) is 0.511. The quantitative estimate of drug-likeness (QED) is 0.727. The zero-order valence-electron chi connectivity index (χ0n) is 9.79. The summed E-state index contributed by atoms with van der Waals surface area (Å²) in [6.45, 7) is 6.24. The molecule has 0 fully saturated rings. The fraction of sp³-hybridized carbons (Fsp3) is 0.308. The van der Waals surface area contributed by atoms with E-state index in [9.17, 15) is 0 Å². The van der Waals surface area contributed by atoms with Gasteiger partial charge in [0.15, 0.2) is 0 Å². The van der Waals surface area contributed by atoms with Crippen molar-refractivity contribution in [1.29, 1.82) is 0 Å². The normalized spacial score (nSPS) is 10.8. The first-order valence-corrected chi connectivity index (χ1v) is 5.84. The number of alkyl halides is 1. The number of hydrogen-bond acceptors (Lipinski definition) is 1. The predicted octanol–water partition coefficient (Wildman–Crippen LogP) is 3.54. The highest BCUT2D eigenvalue weighted by molar-refractivity contribution is 6.17. The van der Waals surface area contributed by atoms with Crippen LogP contribution in [0.3, 0.4) is 0 Å². The van der Waals surface area contributed by atoms with Crippen LogP contribution >= 0.6 is 11.6 Å². The van der Waals surface area contributed by atoms with Gasteiger partial charge in [-0.25, -0.2) is 4.68 Å². The van der Waals surface area contributed by atoms with E-state index in [0.717, 1.165) is 16.9 Å². The van der Waals surface area contributed by atoms with Crippen LogP contribution in [0.4, 0.5) is 0 Å². The third-order valence-corrected chi connectivity index (χ3v) is 3.12. The average Bonchev–Trinajstić information content (AvgIpc) is 2.60. The van der Waals surface area contributed by atoms with E-state index in [1.807, 2.05) is 17.8 Å². The van der Waals surface area contributed by atoms with E-state index in [1.54, 1.807) is 0 Å². The van der Waals surface area contributed by atoms with Crippen molar-refractivity contribution in [3.63, 3.8) is 0 Å². The molecule has 2 nitrogen and oxygen atoms in total. The number of hydrogen-bond donors (Lipinski definition) is 0. The van der Waals surface area contributed by atoms with Crippen molar-refractivity contribution in [3.8, 4) is 5.69 Å². The Morgan fingerprint density at radius 2 is 2.00 bits per heavy atom. The number of nitrogens with zero attached hydrogens (tertiary/aromatic N) is 2. The first-order valence-electron chi connectivity index (χ1n) is 5.30. The predicted molar refractivity (Wildman–Crippen MR) is 67.3 cm³/mol. The minimum atomic E-state index is 0.511. The van der Waals surface area contributed by atoms with Crippen LogP contribution < -0.4 is 0 Å². The van der Waals surface area contributed by atoms with Gasteiger partial charge in [0.1, 0.15) is 0 Å². The van der Waals surface area contributed by atoms with Gasteiger partial charge in [-0.1, -0.05) is 17.7 Å². The Balaban J connectivity index is 2.54. The summed E-state index contributed by atoms with van der Waals surface area (Å²) in [5, 5.41) is 4.38. The molecule has 0 N–H and O–H groups in total. The average molecular weight is 235 g/mol. The van der Waals surface area contributed by atoms with Crippen LogP contribution in [0.2, 0.25) is 0 Å². The Hall–Kier alpha value is -1.28. The molecule has 0 bridgehead atoms. The number of aryl methyl sites for hydroxylation is 2. The fourth-order valence-corrected chi connectivity index (χ4v) is 2.12. The van der Waals surface area contributed by atoms with Crippen molar-refractivity contribution >= 4 is 11.6 Å². The first-order chi connectivity index (χ1) is 7.63. The van der Waals surface area contributed by atoms with Gasteiger partial charge in [-0.15, -0.1) is 11.6 Å². The molecular formula is C13H15ClN2. The lowest BCUT2D eigenvalue weighted by molar-refractivity contribution is 0.838. The third kappa shape index (κ3) is 1.85. The van der Waals surface area contributed by atoms with Crippen LogP contribution in [0.5, 0.6) is 0 Å². The highest BCUT2D eigenvalue weighted by Crippen LogP contribution is 2.19. The Morgan fingerprint density at radius 1 is 1.25 bits per heavy atom. The van der Waals surface area contributed by atoms with Crippen molar-refractivity contribution in [2.45, 2.75) is 26.7 Å².